The van der Waals surface area contributed by atoms with Crippen LogP contribution in [0.3, 0.4) is 0 Å². The summed E-state index contributed by atoms with van der Waals surface area (Å²) >= 11 is 1.66. The van der Waals surface area contributed by atoms with Gasteiger partial charge in [0.2, 0.25) is 0 Å². The van der Waals surface area contributed by atoms with E-state index in [-0.39, 0.29) is 0 Å². The summed E-state index contributed by atoms with van der Waals surface area (Å²) < 4.78 is 0. The molecule has 0 bridgehead atoms. The molecule has 2 nitrogen and oxygen atoms in total. The Kier molecular flexibility index (Phi) is 4.31. The van der Waals surface area contributed by atoms with E-state index in [4.69, 9.17) is 0 Å². The Morgan fingerprint density at radius 1 is 1.00 bits per heavy atom. The fourth-order valence-corrected chi connectivity index (χ4v) is 3.14. The highest BCUT2D eigenvalue weighted by Crippen LogP contribution is 2.25. The summed E-state index contributed by atoms with van der Waals surface area (Å²) in [5.41, 5.74) is 3.55. The molecule has 3 rings (SSSR count). The monoisotopic (exact) mass is 294 g/mol. The van der Waals surface area contributed by atoms with E-state index in [0.29, 0.717) is 6.04 Å². The third-order valence-electron chi connectivity index (χ3n) is 3.33. The zero-order valence-corrected chi connectivity index (χ0v) is 12.8. The molecular weight excluding hydrogens is 276 g/mol. The second-order valence-corrected chi connectivity index (χ2v) is 6.00. The molecule has 1 heterocycles. The van der Waals surface area contributed by atoms with Gasteiger partial charge in [0.25, 0.3) is 0 Å². The largest absolute Gasteiger partial charge is 0.359 e. The van der Waals surface area contributed by atoms with Gasteiger partial charge in [-0.3, -0.25) is 0 Å². The zero-order chi connectivity index (χ0) is 14.5. The van der Waals surface area contributed by atoms with E-state index < -0.39 is 0 Å². The minimum atomic E-state index is 0.363. The number of rotatable bonds is 5. The van der Waals surface area contributed by atoms with Crippen LogP contribution in [0.4, 0.5) is 5.13 Å². The van der Waals surface area contributed by atoms with E-state index in [1.165, 1.54) is 5.56 Å². The fraction of sp³-hybridized carbons (Fsp3) is 0.167. The Labute approximate surface area is 129 Å². The average Bonchev–Trinajstić information content (AvgIpc) is 2.97. The van der Waals surface area contributed by atoms with Crippen molar-refractivity contribution in [2.75, 3.05) is 5.32 Å². The minimum Gasteiger partial charge on any atom is -0.359 e. The van der Waals surface area contributed by atoms with Crippen molar-refractivity contribution in [3.8, 4) is 11.3 Å². The van der Waals surface area contributed by atoms with Gasteiger partial charge in [0.1, 0.15) is 0 Å². The van der Waals surface area contributed by atoms with Gasteiger partial charge in [0.15, 0.2) is 5.13 Å². The third-order valence-corrected chi connectivity index (χ3v) is 4.10. The molecule has 106 valence electrons. The summed E-state index contributed by atoms with van der Waals surface area (Å²) in [4.78, 5) is 4.67. The van der Waals surface area contributed by atoms with Crippen LogP contribution in [0.2, 0.25) is 0 Å². The molecule has 21 heavy (non-hydrogen) atoms. The summed E-state index contributed by atoms with van der Waals surface area (Å²) in [5.74, 6) is 0. The highest BCUT2D eigenvalue weighted by Gasteiger charge is 2.08. The molecule has 3 aromatic rings. The average molecular weight is 294 g/mol. The Morgan fingerprint density at radius 3 is 2.38 bits per heavy atom. The Morgan fingerprint density at radius 2 is 1.67 bits per heavy atom. The topological polar surface area (TPSA) is 24.9 Å². The first-order chi connectivity index (χ1) is 10.3. The van der Waals surface area contributed by atoms with Gasteiger partial charge >= 0.3 is 0 Å². The maximum absolute atomic E-state index is 4.67. The van der Waals surface area contributed by atoms with Gasteiger partial charge < -0.3 is 5.32 Å². The van der Waals surface area contributed by atoms with Gasteiger partial charge in [-0.05, 0) is 18.9 Å². The summed E-state index contributed by atoms with van der Waals surface area (Å²) in [5, 5.41) is 6.58. The predicted octanol–water partition coefficient (Wildman–Crippen LogP) is 4.85. The zero-order valence-electron chi connectivity index (χ0n) is 12.0. The molecule has 0 amide bonds. The van der Waals surface area contributed by atoms with Gasteiger partial charge in [0.05, 0.1) is 5.69 Å². The number of nitrogens with zero attached hydrogens (tertiary/aromatic N) is 1. The molecule has 1 N–H and O–H groups in total. The van der Waals surface area contributed by atoms with E-state index in [2.05, 4.69) is 65.1 Å². The highest BCUT2D eigenvalue weighted by atomic mass is 32.1. The molecule has 0 aliphatic carbocycles. The molecule has 0 aliphatic rings. The Hall–Kier alpha value is -2.13. The fourth-order valence-electron chi connectivity index (χ4n) is 2.31. The number of nitrogens with one attached hydrogen (secondary N) is 1. The Balaban J connectivity index is 1.65. The van der Waals surface area contributed by atoms with Crippen LogP contribution in [0, 0.1) is 0 Å². The van der Waals surface area contributed by atoms with E-state index in [9.17, 15) is 0 Å². The quantitative estimate of drug-likeness (QED) is 0.727. The summed E-state index contributed by atoms with van der Waals surface area (Å²) in [7, 11) is 0. The van der Waals surface area contributed by atoms with Crippen LogP contribution < -0.4 is 5.32 Å². The standard InChI is InChI=1S/C18H18N2S/c1-14(12-15-8-4-2-5-9-15)19-18-20-17(13-21-18)16-10-6-3-7-11-16/h2-11,13-14H,12H2,1H3,(H,19,20)/t14-/m1/s1. The molecule has 1 aromatic heterocycles. The van der Waals surface area contributed by atoms with Crippen LogP contribution in [0.25, 0.3) is 11.3 Å². The lowest BCUT2D eigenvalue weighted by atomic mass is 10.1. The van der Waals surface area contributed by atoms with Gasteiger partial charge in [-0.2, -0.15) is 0 Å². The van der Waals surface area contributed by atoms with Crippen LogP contribution in [-0.4, -0.2) is 11.0 Å². The third kappa shape index (κ3) is 3.70. The van der Waals surface area contributed by atoms with Crippen molar-refractivity contribution < 1.29 is 0 Å². The van der Waals surface area contributed by atoms with Crippen molar-refractivity contribution in [1.82, 2.24) is 4.98 Å². The number of hydrogen-bond donors (Lipinski definition) is 1. The van der Waals surface area contributed by atoms with E-state index in [1.54, 1.807) is 11.3 Å². The lowest BCUT2D eigenvalue weighted by Crippen LogP contribution is -2.17. The molecule has 0 aliphatic heterocycles. The molecule has 0 fully saturated rings. The van der Waals surface area contributed by atoms with Crippen LogP contribution in [0.15, 0.2) is 66.0 Å². The minimum absolute atomic E-state index is 0.363. The highest BCUT2D eigenvalue weighted by molar-refractivity contribution is 7.14. The van der Waals surface area contributed by atoms with Gasteiger partial charge in [-0.1, -0.05) is 60.7 Å². The second-order valence-electron chi connectivity index (χ2n) is 5.14. The number of aromatic nitrogens is 1. The van der Waals surface area contributed by atoms with Crippen molar-refractivity contribution >= 4 is 16.5 Å². The molecule has 0 saturated heterocycles. The molecule has 2 aromatic carbocycles. The van der Waals surface area contributed by atoms with Gasteiger partial charge in [-0.25, -0.2) is 4.98 Å². The predicted molar refractivity (Wildman–Crippen MR) is 90.8 cm³/mol. The number of hydrogen-bond acceptors (Lipinski definition) is 3. The normalized spacial score (nSPS) is 12.0. The molecule has 0 radical (unpaired) electrons. The lowest BCUT2D eigenvalue weighted by molar-refractivity contribution is 0.789. The molecular formula is C18H18N2S. The Bertz CT molecular complexity index is 677. The summed E-state index contributed by atoms with van der Waals surface area (Å²) in [6.45, 7) is 2.19. The maximum atomic E-state index is 4.67. The van der Waals surface area contributed by atoms with Crippen molar-refractivity contribution in [1.29, 1.82) is 0 Å². The number of anilines is 1. The van der Waals surface area contributed by atoms with E-state index in [0.717, 1.165) is 22.8 Å². The van der Waals surface area contributed by atoms with Crippen LogP contribution in [0.5, 0.6) is 0 Å². The van der Waals surface area contributed by atoms with Gasteiger partial charge in [-0.15, -0.1) is 11.3 Å². The molecule has 0 spiro atoms. The lowest BCUT2D eigenvalue weighted by Gasteiger charge is -2.12. The van der Waals surface area contributed by atoms with Gasteiger partial charge in [0, 0.05) is 17.0 Å². The summed E-state index contributed by atoms with van der Waals surface area (Å²) in [6, 6.07) is 21.2. The van der Waals surface area contributed by atoms with E-state index >= 15 is 0 Å². The smallest absolute Gasteiger partial charge is 0.183 e. The first-order valence-corrected chi connectivity index (χ1v) is 8.00. The van der Waals surface area contributed by atoms with E-state index in [1.807, 2.05) is 18.2 Å². The van der Waals surface area contributed by atoms with Crippen LogP contribution in [-0.2, 0) is 6.42 Å². The van der Waals surface area contributed by atoms with Crippen molar-refractivity contribution in [3.05, 3.63) is 71.6 Å². The first-order valence-electron chi connectivity index (χ1n) is 7.12. The molecule has 3 heteroatoms. The number of benzene rings is 2. The molecule has 1 atom stereocenters. The summed E-state index contributed by atoms with van der Waals surface area (Å²) in [6.07, 6.45) is 1.00. The van der Waals surface area contributed by atoms with Crippen molar-refractivity contribution in [2.24, 2.45) is 0 Å². The first kappa shape index (κ1) is 13.8. The van der Waals surface area contributed by atoms with Crippen LogP contribution >= 0.6 is 11.3 Å². The second kappa shape index (κ2) is 6.55. The van der Waals surface area contributed by atoms with Crippen molar-refractivity contribution in [2.45, 2.75) is 19.4 Å². The maximum Gasteiger partial charge on any atom is 0.183 e. The molecule has 0 unspecified atom stereocenters. The SMILES string of the molecule is C[C@H](Cc1ccccc1)Nc1nc(-c2ccccc2)cs1. The van der Waals surface area contributed by atoms with Crippen LogP contribution in [0.1, 0.15) is 12.5 Å². The molecule has 0 saturated carbocycles. The van der Waals surface area contributed by atoms with Crippen molar-refractivity contribution in [3.63, 3.8) is 0 Å². The number of thiazole rings is 1.